The van der Waals surface area contributed by atoms with Crippen LogP contribution in [0.3, 0.4) is 0 Å². The molecule has 3 rings (SSSR count). The van der Waals surface area contributed by atoms with Gasteiger partial charge in [0.05, 0.1) is 17.7 Å². The molecule has 0 aromatic heterocycles. The Bertz CT molecular complexity index is 546. The first-order valence-corrected chi connectivity index (χ1v) is 7.74. The predicted octanol–water partition coefficient (Wildman–Crippen LogP) is 2.82. The number of ether oxygens (including phenoxy) is 2. The molecule has 1 amide bonds. The first kappa shape index (κ1) is 13.7. The van der Waals surface area contributed by atoms with E-state index < -0.39 is 0 Å². The molecule has 0 radical (unpaired) electrons. The second-order valence-corrected chi connectivity index (χ2v) is 6.60. The highest BCUT2D eigenvalue weighted by Gasteiger charge is 2.33. The fourth-order valence-corrected chi connectivity index (χ4v) is 3.42. The summed E-state index contributed by atoms with van der Waals surface area (Å²) in [7, 11) is 0. The topological polar surface area (TPSA) is 47.6 Å². The monoisotopic (exact) mass is 339 g/mol. The number of rotatable bonds is 2. The summed E-state index contributed by atoms with van der Waals surface area (Å²) in [4.78, 5) is 11.4. The van der Waals surface area contributed by atoms with Gasteiger partial charge in [0, 0.05) is 18.4 Å². The van der Waals surface area contributed by atoms with E-state index in [0.29, 0.717) is 19.6 Å². The Morgan fingerprint density at radius 1 is 1.35 bits per heavy atom. The maximum Gasteiger partial charge on any atom is 0.220 e. The Morgan fingerprint density at radius 3 is 2.90 bits per heavy atom. The summed E-state index contributed by atoms with van der Waals surface area (Å²) in [6, 6.07) is 4.09. The number of halogens is 1. The highest BCUT2D eigenvalue weighted by Crippen LogP contribution is 2.39. The molecule has 2 aliphatic rings. The van der Waals surface area contributed by atoms with Crippen molar-refractivity contribution >= 4 is 21.8 Å². The van der Waals surface area contributed by atoms with E-state index in [1.165, 1.54) is 0 Å². The first-order valence-electron chi connectivity index (χ1n) is 6.95. The minimum absolute atomic E-state index is 0.140. The van der Waals surface area contributed by atoms with Crippen LogP contribution in [0.1, 0.15) is 31.7 Å². The van der Waals surface area contributed by atoms with Crippen LogP contribution >= 0.6 is 15.9 Å². The number of hydrogen-bond acceptors (Lipinski definition) is 3. The molecule has 1 aromatic carbocycles. The van der Waals surface area contributed by atoms with Crippen LogP contribution in [0.25, 0.3) is 0 Å². The minimum Gasteiger partial charge on any atom is -0.490 e. The lowest BCUT2D eigenvalue weighted by Crippen LogP contribution is -2.40. The molecule has 5 heteroatoms. The van der Waals surface area contributed by atoms with E-state index in [-0.39, 0.29) is 11.4 Å². The summed E-state index contributed by atoms with van der Waals surface area (Å²) in [5.74, 6) is 1.72. The summed E-state index contributed by atoms with van der Waals surface area (Å²) >= 11 is 3.55. The molecule has 1 aromatic rings. The van der Waals surface area contributed by atoms with Crippen LogP contribution in [0.15, 0.2) is 16.6 Å². The van der Waals surface area contributed by atoms with Gasteiger partial charge in [-0.2, -0.15) is 0 Å². The van der Waals surface area contributed by atoms with E-state index in [2.05, 4.69) is 34.2 Å². The van der Waals surface area contributed by atoms with E-state index in [1.54, 1.807) is 0 Å². The van der Waals surface area contributed by atoms with Gasteiger partial charge in [0.15, 0.2) is 11.5 Å². The molecular formula is C15H18BrNO3. The molecule has 20 heavy (non-hydrogen) atoms. The molecule has 1 N–H and O–H groups in total. The Balaban J connectivity index is 1.86. The summed E-state index contributed by atoms with van der Waals surface area (Å²) < 4.78 is 12.4. The van der Waals surface area contributed by atoms with E-state index in [0.717, 1.165) is 40.8 Å². The Kier molecular flexibility index (Phi) is 3.63. The summed E-state index contributed by atoms with van der Waals surface area (Å²) in [5, 5.41) is 3.06. The van der Waals surface area contributed by atoms with Crippen molar-refractivity contribution in [2.24, 2.45) is 0 Å². The zero-order chi connectivity index (χ0) is 14.2. The normalized spacial score (nSPS) is 25.2. The largest absolute Gasteiger partial charge is 0.490 e. The van der Waals surface area contributed by atoms with Gasteiger partial charge < -0.3 is 14.8 Å². The van der Waals surface area contributed by atoms with Crippen molar-refractivity contribution in [2.45, 2.75) is 38.1 Å². The molecule has 2 aliphatic heterocycles. The average Bonchev–Trinajstić information content (AvgIpc) is 2.61. The van der Waals surface area contributed by atoms with Gasteiger partial charge in [-0.25, -0.2) is 0 Å². The third-order valence-corrected chi connectivity index (χ3v) is 4.39. The van der Waals surface area contributed by atoms with Crippen molar-refractivity contribution in [1.29, 1.82) is 0 Å². The van der Waals surface area contributed by atoms with Gasteiger partial charge in [-0.05, 0) is 53.4 Å². The summed E-state index contributed by atoms with van der Waals surface area (Å²) in [5.41, 5.74) is 0.988. The van der Waals surface area contributed by atoms with Crippen molar-refractivity contribution in [3.05, 3.63) is 22.2 Å². The van der Waals surface area contributed by atoms with E-state index >= 15 is 0 Å². The molecule has 1 atom stereocenters. The molecule has 1 unspecified atom stereocenters. The SMILES string of the molecule is CC1(Cc2cc(Br)c3c(c2)OCCCO3)CCC(=O)N1. The second kappa shape index (κ2) is 5.28. The predicted molar refractivity (Wildman–Crippen MR) is 79.2 cm³/mol. The zero-order valence-corrected chi connectivity index (χ0v) is 13.1. The number of benzene rings is 1. The number of hydrogen-bond donors (Lipinski definition) is 1. The Morgan fingerprint density at radius 2 is 2.15 bits per heavy atom. The molecule has 0 saturated carbocycles. The van der Waals surface area contributed by atoms with Crippen molar-refractivity contribution in [3.8, 4) is 11.5 Å². The van der Waals surface area contributed by atoms with Crippen LogP contribution in [0.4, 0.5) is 0 Å². The second-order valence-electron chi connectivity index (χ2n) is 5.74. The minimum atomic E-state index is -0.156. The lowest BCUT2D eigenvalue weighted by Gasteiger charge is -2.24. The number of fused-ring (bicyclic) bond motifs is 1. The van der Waals surface area contributed by atoms with Gasteiger partial charge in [-0.3, -0.25) is 4.79 Å². The quantitative estimate of drug-likeness (QED) is 0.901. The lowest BCUT2D eigenvalue weighted by molar-refractivity contribution is -0.119. The maximum absolute atomic E-state index is 11.4. The molecule has 0 bridgehead atoms. The van der Waals surface area contributed by atoms with Crippen LogP contribution < -0.4 is 14.8 Å². The van der Waals surface area contributed by atoms with Gasteiger partial charge in [0.25, 0.3) is 0 Å². The zero-order valence-electron chi connectivity index (χ0n) is 11.5. The molecule has 1 fully saturated rings. The van der Waals surface area contributed by atoms with Gasteiger partial charge in [0.1, 0.15) is 0 Å². The Hall–Kier alpha value is -1.23. The standard InChI is InChI=1S/C15H18BrNO3/c1-15(4-3-13(18)17-15)9-10-7-11(16)14-12(8-10)19-5-2-6-20-14/h7-8H,2-6,9H2,1H3,(H,17,18). The molecule has 108 valence electrons. The number of carbonyl (C=O) groups excluding carboxylic acids is 1. The number of nitrogens with one attached hydrogen (secondary N) is 1. The van der Waals surface area contributed by atoms with Gasteiger partial charge in [0.2, 0.25) is 5.91 Å². The van der Waals surface area contributed by atoms with Crippen LogP contribution in [0.5, 0.6) is 11.5 Å². The average molecular weight is 340 g/mol. The molecule has 4 nitrogen and oxygen atoms in total. The fraction of sp³-hybridized carbons (Fsp3) is 0.533. The van der Waals surface area contributed by atoms with Crippen LogP contribution in [-0.4, -0.2) is 24.7 Å². The summed E-state index contributed by atoms with van der Waals surface area (Å²) in [6.45, 7) is 3.45. The van der Waals surface area contributed by atoms with Crippen LogP contribution in [0, 0.1) is 0 Å². The summed E-state index contributed by atoms with van der Waals surface area (Å²) in [6.07, 6.45) is 3.18. The van der Waals surface area contributed by atoms with Gasteiger partial charge in [-0.1, -0.05) is 0 Å². The third kappa shape index (κ3) is 2.77. The smallest absolute Gasteiger partial charge is 0.220 e. The maximum atomic E-state index is 11.4. The van der Waals surface area contributed by atoms with Crippen LogP contribution in [-0.2, 0) is 11.2 Å². The molecule has 1 saturated heterocycles. The third-order valence-electron chi connectivity index (χ3n) is 3.80. The highest BCUT2D eigenvalue weighted by molar-refractivity contribution is 9.10. The van der Waals surface area contributed by atoms with Crippen molar-refractivity contribution in [3.63, 3.8) is 0 Å². The molecule has 0 aliphatic carbocycles. The number of amides is 1. The fourth-order valence-electron chi connectivity index (χ4n) is 2.82. The number of carbonyl (C=O) groups is 1. The van der Waals surface area contributed by atoms with Gasteiger partial charge in [-0.15, -0.1) is 0 Å². The molecule has 2 heterocycles. The highest BCUT2D eigenvalue weighted by atomic mass is 79.9. The Labute approximate surface area is 127 Å². The van der Waals surface area contributed by atoms with E-state index in [4.69, 9.17) is 9.47 Å². The molecular weight excluding hydrogens is 322 g/mol. The van der Waals surface area contributed by atoms with Crippen molar-refractivity contribution in [2.75, 3.05) is 13.2 Å². The van der Waals surface area contributed by atoms with Crippen molar-refractivity contribution < 1.29 is 14.3 Å². The lowest BCUT2D eigenvalue weighted by atomic mass is 9.91. The van der Waals surface area contributed by atoms with Gasteiger partial charge >= 0.3 is 0 Å². The van der Waals surface area contributed by atoms with Crippen molar-refractivity contribution in [1.82, 2.24) is 5.32 Å². The van der Waals surface area contributed by atoms with Crippen LogP contribution in [0.2, 0.25) is 0 Å². The molecule has 0 spiro atoms. The first-order chi connectivity index (χ1) is 9.56. The van der Waals surface area contributed by atoms with E-state index in [9.17, 15) is 4.79 Å². The van der Waals surface area contributed by atoms with E-state index in [1.807, 2.05) is 6.07 Å².